The molecule has 0 unspecified atom stereocenters. The molecule has 2 rings (SSSR count). The lowest BCUT2D eigenvalue weighted by atomic mass is 10.1. The minimum Gasteiger partial charge on any atom is -0.461 e. The van der Waals surface area contributed by atoms with Crippen LogP contribution in [0.25, 0.3) is 11.0 Å². The van der Waals surface area contributed by atoms with Gasteiger partial charge >= 0.3 is 0 Å². The summed E-state index contributed by atoms with van der Waals surface area (Å²) in [5, 5.41) is 1.16. The number of carbonyl (C=O) groups excluding carboxylic acids is 1. The highest BCUT2D eigenvalue weighted by atomic mass is 16.3. The molecular formula is C13H14O2. The summed E-state index contributed by atoms with van der Waals surface area (Å²) in [4.78, 5) is 10.4. The number of furan rings is 1. The zero-order valence-electron chi connectivity index (χ0n) is 9.04. The maximum Gasteiger partial charge on any atom is 0.137 e. The third kappa shape index (κ3) is 1.67. The lowest BCUT2D eigenvalue weighted by Gasteiger charge is -1.98. The van der Waals surface area contributed by atoms with E-state index in [9.17, 15) is 4.79 Å². The topological polar surface area (TPSA) is 30.2 Å². The predicted octanol–water partition coefficient (Wildman–Crippen LogP) is 3.18. The van der Waals surface area contributed by atoms with Crippen molar-refractivity contribution in [2.24, 2.45) is 0 Å². The third-order valence-corrected chi connectivity index (χ3v) is 2.82. The van der Waals surface area contributed by atoms with E-state index in [2.05, 4.69) is 13.0 Å². The van der Waals surface area contributed by atoms with Gasteiger partial charge < -0.3 is 9.21 Å². The summed E-state index contributed by atoms with van der Waals surface area (Å²) < 4.78 is 5.71. The quantitative estimate of drug-likeness (QED) is 0.715. The Labute approximate surface area is 88.9 Å². The number of aryl methyl sites for hydroxylation is 3. The summed E-state index contributed by atoms with van der Waals surface area (Å²) in [6.45, 7) is 4.03. The van der Waals surface area contributed by atoms with E-state index in [1.165, 1.54) is 5.56 Å². The Bertz CT molecular complexity index is 494. The van der Waals surface area contributed by atoms with Gasteiger partial charge in [0.25, 0.3) is 0 Å². The van der Waals surface area contributed by atoms with Crippen molar-refractivity contribution < 1.29 is 9.21 Å². The third-order valence-electron chi connectivity index (χ3n) is 2.82. The number of rotatable bonds is 3. The Kier molecular flexibility index (Phi) is 2.58. The second-order valence-corrected chi connectivity index (χ2v) is 3.78. The molecule has 0 aliphatic carbocycles. The highest BCUT2D eigenvalue weighted by Gasteiger charge is 2.09. The van der Waals surface area contributed by atoms with Gasteiger partial charge in [-0.2, -0.15) is 0 Å². The summed E-state index contributed by atoms with van der Waals surface area (Å²) in [7, 11) is 0. The van der Waals surface area contributed by atoms with Gasteiger partial charge in [-0.15, -0.1) is 0 Å². The fourth-order valence-electron chi connectivity index (χ4n) is 1.83. The Morgan fingerprint density at radius 2 is 2.13 bits per heavy atom. The van der Waals surface area contributed by atoms with Crippen LogP contribution in [-0.4, -0.2) is 6.29 Å². The van der Waals surface area contributed by atoms with Crippen LogP contribution < -0.4 is 0 Å². The maximum absolute atomic E-state index is 10.4. The van der Waals surface area contributed by atoms with Crippen LogP contribution in [0, 0.1) is 13.8 Å². The zero-order valence-corrected chi connectivity index (χ0v) is 9.04. The smallest absolute Gasteiger partial charge is 0.137 e. The van der Waals surface area contributed by atoms with Crippen LogP contribution in [0.2, 0.25) is 0 Å². The van der Waals surface area contributed by atoms with Crippen LogP contribution in [-0.2, 0) is 11.2 Å². The van der Waals surface area contributed by atoms with Crippen molar-refractivity contribution in [3.8, 4) is 0 Å². The maximum atomic E-state index is 10.4. The summed E-state index contributed by atoms with van der Waals surface area (Å²) in [5.41, 5.74) is 3.25. The number of carbonyl (C=O) groups is 1. The van der Waals surface area contributed by atoms with E-state index >= 15 is 0 Å². The number of hydrogen-bond donors (Lipinski definition) is 0. The predicted molar refractivity (Wildman–Crippen MR) is 60.1 cm³/mol. The Balaban J connectivity index is 2.55. The molecule has 0 saturated heterocycles. The number of para-hydroxylation sites is 1. The first kappa shape index (κ1) is 9.97. The number of benzene rings is 1. The van der Waals surface area contributed by atoms with Crippen molar-refractivity contribution >= 4 is 17.3 Å². The molecular weight excluding hydrogens is 188 g/mol. The molecule has 78 valence electrons. The fraction of sp³-hybridized carbons (Fsp3) is 0.308. The molecule has 0 N–H and O–H groups in total. The molecule has 0 bridgehead atoms. The van der Waals surface area contributed by atoms with Crippen LogP contribution in [0.5, 0.6) is 0 Å². The van der Waals surface area contributed by atoms with E-state index in [0.717, 1.165) is 35.0 Å². The Hall–Kier alpha value is -1.57. The molecule has 0 aliphatic heterocycles. The lowest BCUT2D eigenvalue weighted by molar-refractivity contribution is -0.107. The zero-order chi connectivity index (χ0) is 10.8. The van der Waals surface area contributed by atoms with Gasteiger partial charge in [-0.25, -0.2) is 0 Å². The van der Waals surface area contributed by atoms with E-state index in [4.69, 9.17) is 4.42 Å². The van der Waals surface area contributed by atoms with Gasteiger partial charge in [-0.05, 0) is 31.4 Å². The summed E-state index contributed by atoms with van der Waals surface area (Å²) in [6.07, 6.45) is 2.26. The van der Waals surface area contributed by atoms with E-state index in [1.807, 2.05) is 19.1 Å². The minimum absolute atomic E-state index is 0.553. The van der Waals surface area contributed by atoms with Gasteiger partial charge in [-0.1, -0.05) is 18.2 Å². The van der Waals surface area contributed by atoms with Gasteiger partial charge in [0.2, 0.25) is 0 Å². The van der Waals surface area contributed by atoms with Crippen LogP contribution in [0.4, 0.5) is 0 Å². The van der Waals surface area contributed by atoms with Crippen molar-refractivity contribution in [3.05, 3.63) is 35.1 Å². The molecule has 15 heavy (non-hydrogen) atoms. The second-order valence-electron chi connectivity index (χ2n) is 3.78. The molecule has 1 heterocycles. The second kappa shape index (κ2) is 3.89. The minimum atomic E-state index is 0.553. The van der Waals surface area contributed by atoms with E-state index in [1.54, 1.807) is 0 Å². The average molecular weight is 202 g/mol. The molecule has 0 saturated carbocycles. The van der Waals surface area contributed by atoms with Crippen molar-refractivity contribution in [3.63, 3.8) is 0 Å². The van der Waals surface area contributed by atoms with Crippen LogP contribution in [0.1, 0.15) is 23.3 Å². The number of aldehydes is 1. The summed E-state index contributed by atoms with van der Waals surface area (Å²) in [6, 6.07) is 6.10. The first-order chi connectivity index (χ1) is 7.24. The molecule has 0 aliphatic rings. The van der Waals surface area contributed by atoms with Crippen LogP contribution in [0.15, 0.2) is 22.6 Å². The van der Waals surface area contributed by atoms with Crippen molar-refractivity contribution in [1.82, 2.24) is 0 Å². The molecule has 2 nitrogen and oxygen atoms in total. The molecule has 0 fully saturated rings. The molecule has 0 atom stereocenters. The molecule has 0 amide bonds. The fourth-order valence-corrected chi connectivity index (χ4v) is 1.83. The lowest BCUT2D eigenvalue weighted by Crippen LogP contribution is -1.86. The van der Waals surface area contributed by atoms with E-state index in [0.29, 0.717) is 6.42 Å². The van der Waals surface area contributed by atoms with Crippen molar-refractivity contribution in [2.75, 3.05) is 0 Å². The van der Waals surface area contributed by atoms with Crippen LogP contribution >= 0.6 is 0 Å². The van der Waals surface area contributed by atoms with Gasteiger partial charge in [0.1, 0.15) is 17.6 Å². The molecule has 0 radical (unpaired) electrons. The standard InChI is InChI=1S/C13H14O2/c1-9-10(2)15-13-11(6-4-8-14)5-3-7-12(9)13/h3,5,7-8H,4,6H2,1-2H3. The molecule has 2 aromatic rings. The van der Waals surface area contributed by atoms with Crippen molar-refractivity contribution in [2.45, 2.75) is 26.7 Å². The highest BCUT2D eigenvalue weighted by molar-refractivity contribution is 5.84. The van der Waals surface area contributed by atoms with Gasteiger partial charge in [0.05, 0.1) is 0 Å². The summed E-state index contributed by atoms with van der Waals surface area (Å²) in [5.74, 6) is 0.962. The van der Waals surface area contributed by atoms with Crippen LogP contribution in [0.3, 0.4) is 0 Å². The average Bonchev–Trinajstić information content (AvgIpc) is 2.53. The number of hydrogen-bond acceptors (Lipinski definition) is 2. The SMILES string of the molecule is Cc1oc2c(CCC=O)cccc2c1C. The van der Waals surface area contributed by atoms with Gasteiger partial charge in [-0.3, -0.25) is 0 Å². The van der Waals surface area contributed by atoms with Gasteiger partial charge in [0.15, 0.2) is 0 Å². The summed E-state index contributed by atoms with van der Waals surface area (Å²) >= 11 is 0. The number of fused-ring (bicyclic) bond motifs is 1. The molecule has 1 aromatic carbocycles. The molecule has 2 heteroatoms. The molecule has 1 aromatic heterocycles. The normalized spacial score (nSPS) is 10.8. The first-order valence-electron chi connectivity index (χ1n) is 5.15. The highest BCUT2D eigenvalue weighted by Crippen LogP contribution is 2.27. The molecule has 0 spiro atoms. The Morgan fingerprint density at radius 1 is 1.33 bits per heavy atom. The van der Waals surface area contributed by atoms with E-state index < -0.39 is 0 Å². The Morgan fingerprint density at radius 3 is 2.87 bits per heavy atom. The van der Waals surface area contributed by atoms with Gasteiger partial charge in [0, 0.05) is 11.8 Å². The largest absolute Gasteiger partial charge is 0.461 e. The van der Waals surface area contributed by atoms with E-state index in [-0.39, 0.29) is 0 Å². The van der Waals surface area contributed by atoms with Crippen molar-refractivity contribution in [1.29, 1.82) is 0 Å². The monoisotopic (exact) mass is 202 g/mol. The first-order valence-corrected chi connectivity index (χ1v) is 5.15.